The van der Waals surface area contributed by atoms with E-state index in [4.69, 9.17) is 26.2 Å². The zero-order chi connectivity index (χ0) is 29.4. The fourth-order valence-corrected chi connectivity index (χ4v) is 5.32. The number of fused-ring (bicyclic) bond motifs is 2. The number of carbonyl (C=O) groups excluding carboxylic acids is 1. The standard InChI is InChI=1S/C30H26ClF3N2O5/c1-39-22-13-18(4-3-11-37)12-20(15-22)35-27(23-7-5-19(31)14-26(23)40-2)28(38)36-17-29(9-10-29)24-8-6-21(16-25(24)36)41-30(32,33)34/h5-8,12-16,27,35,37H,9-11,17H2,1-2H3. The number of hydrogen-bond acceptors (Lipinski definition) is 6. The molecule has 1 heterocycles. The maximum Gasteiger partial charge on any atom is 0.573 e. The molecule has 3 aromatic carbocycles. The minimum absolute atomic E-state index is 0.306. The third kappa shape index (κ3) is 6.01. The van der Waals surface area contributed by atoms with Crippen LogP contribution in [0.4, 0.5) is 24.5 Å². The Morgan fingerprint density at radius 3 is 2.54 bits per heavy atom. The van der Waals surface area contributed by atoms with E-state index in [1.165, 1.54) is 31.3 Å². The second-order valence-electron chi connectivity index (χ2n) is 9.81. The molecule has 7 nitrogen and oxygen atoms in total. The molecule has 2 aliphatic rings. The lowest BCUT2D eigenvalue weighted by Crippen LogP contribution is -2.38. The molecular weight excluding hydrogens is 561 g/mol. The largest absolute Gasteiger partial charge is 0.573 e. The third-order valence-corrected chi connectivity index (χ3v) is 7.40. The van der Waals surface area contributed by atoms with Gasteiger partial charge in [0.1, 0.15) is 29.9 Å². The van der Waals surface area contributed by atoms with Crippen LogP contribution in [0.1, 0.15) is 35.6 Å². The minimum atomic E-state index is -4.87. The predicted octanol–water partition coefficient (Wildman–Crippen LogP) is 5.83. The number of ether oxygens (including phenoxy) is 3. The molecule has 1 aliphatic carbocycles. The van der Waals surface area contributed by atoms with Crippen molar-refractivity contribution in [3.05, 3.63) is 76.3 Å². The van der Waals surface area contributed by atoms with E-state index in [0.29, 0.717) is 45.6 Å². The van der Waals surface area contributed by atoms with Crippen molar-refractivity contribution in [3.63, 3.8) is 0 Å². The highest BCUT2D eigenvalue weighted by Crippen LogP contribution is 2.57. The Labute approximate surface area is 239 Å². The lowest BCUT2D eigenvalue weighted by Gasteiger charge is -2.28. The van der Waals surface area contributed by atoms with Gasteiger partial charge in [0.25, 0.3) is 5.91 Å². The third-order valence-electron chi connectivity index (χ3n) is 7.16. The van der Waals surface area contributed by atoms with E-state index < -0.39 is 24.1 Å². The Bertz CT molecular complexity index is 1550. The van der Waals surface area contributed by atoms with Gasteiger partial charge in [-0.05, 0) is 48.7 Å². The maximum atomic E-state index is 14.4. The molecule has 3 aromatic rings. The highest BCUT2D eigenvalue weighted by molar-refractivity contribution is 6.30. The SMILES string of the molecule is COc1cc(C#CCO)cc(NC(C(=O)N2CC3(CC3)c3ccc(OC(F)(F)F)cc32)c2ccc(Cl)cc2OC)c1. The zero-order valence-electron chi connectivity index (χ0n) is 22.1. The molecule has 214 valence electrons. The van der Waals surface area contributed by atoms with E-state index in [0.717, 1.165) is 18.4 Å². The summed E-state index contributed by atoms with van der Waals surface area (Å²) in [6, 6.07) is 13.0. The molecule has 1 unspecified atom stereocenters. The summed E-state index contributed by atoms with van der Waals surface area (Å²) < 4.78 is 54.2. The molecule has 1 amide bonds. The molecule has 1 fully saturated rings. The van der Waals surface area contributed by atoms with Gasteiger partial charge in [-0.15, -0.1) is 13.2 Å². The van der Waals surface area contributed by atoms with Crippen LogP contribution in [-0.4, -0.2) is 44.7 Å². The second kappa shape index (κ2) is 11.1. The van der Waals surface area contributed by atoms with Crippen molar-refractivity contribution in [2.75, 3.05) is 37.6 Å². The van der Waals surface area contributed by atoms with Crippen molar-refractivity contribution in [3.8, 4) is 29.1 Å². The number of carbonyl (C=O) groups is 1. The molecule has 1 atom stereocenters. The van der Waals surface area contributed by atoms with Crippen LogP contribution >= 0.6 is 11.6 Å². The number of nitrogens with zero attached hydrogens (tertiary/aromatic N) is 1. The van der Waals surface area contributed by atoms with Crippen molar-refractivity contribution in [2.45, 2.75) is 30.7 Å². The first-order valence-corrected chi connectivity index (χ1v) is 13.0. The average molecular weight is 587 g/mol. The van der Waals surface area contributed by atoms with Crippen LogP contribution in [-0.2, 0) is 10.2 Å². The number of halogens is 4. The molecule has 0 saturated heterocycles. The molecule has 0 aromatic heterocycles. The van der Waals surface area contributed by atoms with E-state index >= 15 is 0 Å². The summed E-state index contributed by atoms with van der Waals surface area (Å²) in [4.78, 5) is 15.9. The Morgan fingerprint density at radius 1 is 1.10 bits per heavy atom. The van der Waals surface area contributed by atoms with Gasteiger partial charge in [-0.2, -0.15) is 0 Å². The first kappa shape index (κ1) is 28.5. The molecule has 0 radical (unpaired) electrons. The topological polar surface area (TPSA) is 80.3 Å². The van der Waals surface area contributed by atoms with Crippen molar-refractivity contribution >= 4 is 28.9 Å². The van der Waals surface area contributed by atoms with Gasteiger partial charge in [-0.25, -0.2) is 0 Å². The fraction of sp³-hybridized carbons (Fsp3) is 0.300. The smallest absolute Gasteiger partial charge is 0.497 e. The van der Waals surface area contributed by atoms with Gasteiger partial charge in [0, 0.05) is 45.9 Å². The summed E-state index contributed by atoms with van der Waals surface area (Å²) in [6.07, 6.45) is -3.24. The average Bonchev–Trinajstić information content (AvgIpc) is 3.65. The molecular formula is C30H26ClF3N2O5. The maximum absolute atomic E-state index is 14.4. The molecule has 1 spiro atoms. The van der Waals surface area contributed by atoms with Crippen LogP contribution in [0.3, 0.4) is 0 Å². The number of aliphatic hydroxyl groups excluding tert-OH is 1. The van der Waals surface area contributed by atoms with Gasteiger partial charge >= 0.3 is 6.36 Å². The van der Waals surface area contributed by atoms with Crippen LogP contribution in [0, 0.1) is 11.8 Å². The van der Waals surface area contributed by atoms with E-state index in [9.17, 15) is 18.0 Å². The summed E-state index contributed by atoms with van der Waals surface area (Å²) >= 11 is 6.21. The fourth-order valence-electron chi connectivity index (χ4n) is 5.16. The van der Waals surface area contributed by atoms with Crippen molar-refractivity contribution < 1.29 is 37.3 Å². The molecule has 5 rings (SSSR count). The summed E-state index contributed by atoms with van der Waals surface area (Å²) in [6.45, 7) is -0.0186. The Balaban J connectivity index is 1.59. The minimum Gasteiger partial charge on any atom is -0.497 e. The molecule has 0 bridgehead atoms. The number of nitrogens with one attached hydrogen (secondary N) is 1. The van der Waals surface area contributed by atoms with Gasteiger partial charge in [0.15, 0.2) is 0 Å². The van der Waals surface area contributed by atoms with Crippen molar-refractivity contribution in [1.29, 1.82) is 0 Å². The van der Waals surface area contributed by atoms with Crippen LogP contribution in [0.25, 0.3) is 0 Å². The summed E-state index contributed by atoms with van der Waals surface area (Å²) in [5.74, 6) is 5.42. The lowest BCUT2D eigenvalue weighted by molar-refractivity contribution is -0.274. The van der Waals surface area contributed by atoms with Crippen molar-refractivity contribution in [2.24, 2.45) is 0 Å². The molecule has 1 saturated carbocycles. The van der Waals surface area contributed by atoms with Gasteiger partial charge in [-0.1, -0.05) is 35.6 Å². The molecule has 2 N–H and O–H groups in total. The molecule has 1 aliphatic heterocycles. The van der Waals surface area contributed by atoms with Gasteiger partial charge in [-0.3, -0.25) is 4.79 Å². The van der Waals surface area contributed by atoms with Crippen molar-refractivity contribution in [1.82, 2.24) is 0 Å². The number of aliphatic hydroxyl groups is 1. The molecule has 11 heteroatoms. The number of hydrogen-bond donors (Lipinski definition) is 2. The number of methoxy groups -OCH3 is 2. The van der Waals surface area contributed by atoms with Gasteiger partial charge in [0.05, 0.1) is 19.9 Å². The Hall–Kier alpha value is -4.07. The summed E-state index contributed by atoms with van der Waals surface area (Å²) in [7, 11) is 2.94. The second-order valence-corrected chi connectivity index (χ2v) is 10.2. The lowest BCUT2D eigenvalue weighted by atomic mass is 9.99. The Kier molecular flexibility index (Phi) is 7.68. The van der Waals surface area contributed by atoms with Gasteiger partial charge < -0.3 is 29.5 Å². The first-order valence-electron chi connectivity index (χ1n) is 12.7. The summed E-state index contributed by atoms with van der Waals surface area (Å²) in [5.41, 5.74) is 2.36. The number of anilines is 2. The highest BCUT2D eigenvalue weighted by atomic mass is 35.5. The monoisotopic (exact) mass is 586 g/mol. The number of rotatable bonds is 7. The normalized spacial score (nSPS) is 15.4. The van der Waals surface area contributed by atoms with Crippen LogP contribution in [0.5, 0.6) is 17.2 Å². The van der Waals surface area contributed by atoms with E-state index in [1.807, 2.05) is 0 Å². The first-order chi connectivity index (χ1) is 19.6. The van der Waals surface area contributed by atoms with E-state index in [2.05, 4.69) is 21.9 Å². The predicted molar refractivity (Wildman–Crippen MR) is 148 cm³/mol. The molecule has 41 heavy (non-hydrogen) atoms. The van der Waals surface area contributed by atoms with Gasteiger partial charge in [0.2, 0.25) is 0 Å². The quantitative estimate of drug-likeness (QED) is 0.339. The Morgan fingerprint density at radius 2 is 1.88 bits per heavy atom. The van der Waals surface area contributed by atoms with E-state index in [-0.39, 0.29) is 12.0 Å². The van der Waals surface area contributed by atoms with E-state index in [1.54, 1.807) is 42.5 Å². The van der Waals surface area contributed by atoms with Crippen LogP contribution < -0.4 is 24.4 Å². The number of alkyl halides is 3. The number of amides is 1. The van der Waals surface area contributed by atoms with Crippen LogP contribution in [0.2, 0.25) is 5.02 Å². The zero-order valence-corrected chi connectivity index (χ0v) is 22.9. The highest BCUT2D eigenvalue weighted by Gasteiger charge is 2.54. The van der Waals surface area contributed by atoms with Crippen LogP contribution in [0.15, 0.2) is 54.6 Å². The summed E-state index contributed by atoms with van der Waals surface area (Å²) in [5, 5.41) is 12.8. The number of benzene rings is 3.